The normalized spacial score (nSPS) is 11.8. The summed E-state index contributed by atoms with van der Waals surface area (Å²) in [5.74, 6) is -0.401. The van der Waals surface area contributed by atoms with Gasteiger partial charge < -0.3 is 20.3 Å². The number of rotatable bonds is 4. The maximum absolute atomic E-state index is 12.8. The summed E-state index contributed by atoms with van der Waals surface area (Å²) in [6.07, 6.45) is 0.605. The summed E-state index contributed by atoms with van der Waals surface area (Å²) in [7, 11) is 1.57. The molecule has 1 atom stereocenters. The van der Waals surface area contributed by atoms with Gasteiger partial charge in [-0.2, -0.15) is 0 Å². The van der Waals surface area contributed by atoms with Gasteiger partial charge >= 0.3 is 6.03 Å². The van der Waals surface area contributed by atoms with E-state index < -0.39 is 18.0 Å². The van der Waals surface area contributed by atoms with Crippen LogP contribution in [-0.4, -0.2) is 22.2 Å². The maximum Gasteiger partial charge on any atom is 0.319 e. The summed E-state index contributed by atoms with van der Waals surface area (Å²) < 4.78 is 14.1. The number of aliphatic hydroxyl groups excluding tert-OH is 1. The number of carbonyl (C=O) groups excluding carboxylic acids is 1. The monoisotopic (exact) mass is 305 g/mol. The number of hydrogen-bond acceptors (Lipinski definition) is 3. The van der Waals surface area contributed by atoms with Crippen molar-refractivity contribution >= 4 is 11.7 Å². The molecule has 1 heterocycles. The molecule has 22 heavy (non-hydrogen) atoms. The van der Waals surface area contributed by atoms with Crippen molar-refractivity contribution < 1.29 is 14.3 Å². The highest BCUT2D eigenvalue weighted by Crippen LogP contribution is 2.12. The van der Waals surface area contributed by atoms with E-state index in [4.69, 9.17) is 0 Å². The summed E-state index contributed by atoms with van der Waals surface area (Å²) in [6, 6.07) is 7.84. The summed E-state index contributed by atoms with van der Waals surface area (Å²) in [5, 5.41) is 14.8. The predicted octanol–water partition coefficient (Wildman–Crippen LogP) is 1.38. The van der Waals surface area contributed by atoms with Gasteiger partial charge in [-0.1, -0.05) is 12.1 Å². The summed E-state index contributed by atoms with van der Waals surface area (Å²) in [5.41, 5.74) is 0.285. The first-order chi connectivity index (χ1) is 10.5. The molecule has 2 aromatic rings. The van der Waals surface area contributed by atoms with Crippen LogP contribution in [0.3, 0.4) is 0 Å². The van der Waals surface area contributed by atoms with Crippen molar-refractivity contribution in [2.45, 2.75) is 6.10 Å². The fourth-order valence-corrected chi connectivity index (χ4v) is 1.85. The van der Waals surface area contributed by atoms with Crippen LogP contribution >= 0.6 is 0 Å². The topological polar surface area (TPSA) is 83.4 Å². The minimum Gasteiger partial charge on any atom is -0.387 e. The largest absolute Gasteiger partial charge is 0.387 e. The van der Waals surface area contributed by atoms with Crippen LogP contribution in [0.25, 0.3) is 0 Å². The highest BCUT2D eigenvalue weighted by atomic mass is 19.1. The fourth-order valence-electron chi connectivity index (χ4n) is 1.85. The molecule has 0 spiro atoms. The first kappa shape index (κ1) is 15.7. The number of hydrogen-bond donors (Lipinski definition) is 3. The number of urea groups is 1. The molecule has 2 amide bonds. The lowest BCUT2D eigenvalue weighted by Gasteiger charge is -2.13. The minimum absolute atomic E-state index is 0.0649. The van der Waals surface area contributed by atoms with Crippen LogP contribution in [0, 0.1) is 5.82 Å². The van der Waals surface area contributed by atoms with Crippen molar-refractivity contribution in [2.75, 3.05) is 11.9 Å². The quantitative estimate of drug-likeness (QED) is 0.798. The Morgan fingerprint density at radius 3 is 2.68 bits per heavy atom. The van der Waals surface area contributed by atoms with Gasteiger partial charge in [0.05, 0.1) is 6.10 Å². The van der Waals surface area contributed by atoms with Crippen LogP contribution in [-0.2, 0) is 7.05 Å². The Kier molecular flexibility index (Phi) is 4.90. The molecular weight excluding hydrogens is 289 g/mol. The molecule has 6 nitrogen and oxygen atoms in total. The van der Waals surface area contributed by atoms with Gasteiger partial charge in [0, 0.05) is 19.8 Å². The molecule has 3 N–H and O–H groups in total. The molecule has 116 valence electrons. The van der Waals surface area contributed by atoms with E-state index in [1.165, 1.54) is 34.9 Å². The first-order valence-corrected chi connectivity index (χ1v) is 6.61. The average molecular weight is 305 g/mol. The molecule has 1 unspecified atom stereocenters. The van der Waals surface area contributed by atoms with E-state index in [-0.39, 0.29) is 17.8 Å². The highest BCUT2D eigenvalue weighted by Gasteiger charge is 2.11. The number of aromatic nitrogens is 1. The smallest absolute Gasteiger partial charge is 0.319 e. The van der Waals surface area contributed by atoms with Crippen LogP contribution < -0.4 is 16.2 Å². The van der Waals surface area contributed by atoms with E-state index in [2.05, 4.69) is 10.6 Å². The molecule has 0 bridgehead atoms. The Morgan fingerprint density at radius 2 is 2.00 bits per heavy atom. The van der Waals surface area contributed by atoms with Gasteiger partial charge in [0.15, 0.2) is 0 Å². The molecule has 1 aromatic carbocycles. The van der Waals surface area contributed by atoms with E-state index in [0.717, 1.165) is 0 Å². The minimum atomic E-state index is -0.968. The lowest BCUT2D eigenvalue weighted by atomic mass is 10.1. The van der Waals surface area contributed by atoms with Crippen molar-refractivity contribution in [1.82, 2.24) is 9.88 Å². The van der Waals surface area contributed by atoms with E-state index in [0.29, 0.717) is 5.56 Å². The van der Waals surface area contributed by atoms with Crippen LogP contribution in [0.15, 0.2) is 47.4 Å². The summed E-state index contributed by atoms with van der Waals surface area (Å²) in [6.45, 7) is -0.0649. The Balaban J connectivity index is 1.91. The molecule has 0 saturated carbocycles. The Hall–Kier alpha value is -2.67. The maximum atomic E-state index is 12.8. The number of anilines is 1. The molecule has 0 aliphatic carbocycles. The standard InChI is InChI=1S/C15H16FN3O3/c1-19-8-2-3-12(14(19)21)18-15(22)17-9-13(20)10-4-6-11(16)7-5-10/h2-8,13,20H,9H2,1H3,(H2,17,18,22). The van der Waals surface area contributed by atoms with Crippen molar-refractivity contribution in [2.24, 2.45) is 7.05 Å². The van der Waals surface area contributed by atoms with Crippen molar-refractivity contribution in [3.8, 4) is 0 Å². The first-order valence-electron chi connectivity index (χ1n) is 6.61. The Morgan fingerprint density at radius 1 is 1.32 bits per heavy atom. The average Bonchev–Trinajstić information content (AvgIpc) is 2.50. The van der Waals surface area contributed by atoms with Gasteiger partial charge in [-0.05, 0) is 29.8 Å². The number of pyridine rings is 1. The molecule has 2 rings (SSSR count). The lowest BCUT2D eigenvalue weighted by Crippen LogP contribution is -2.34. The van der Waals surface area contributed by atoms with Crippen LogP contribution in [0.5, 0.6) is 0 Å². The van der Waals surface area contributed by atoms with Gasteiger partial charge in [-0.3, -0.25) is 4.79 Å². The van der Waals surface area contributed by atoms with Crippen LogP contribution in [0.1, 0.15) is 11.7 Å². The summed E-state index contributed by atoms with van der Waals surface area (Å²) >= 11 is 0. The van der Waals surface area contributed by atoms with E-state index in [9.17, 15) is 19.1 Å². The SMILES string of the molecule is Cn1cccc(NC(=O)NCC(O)c2ccc(F)cc2)c1=O. The van der Waals surface area contributed by atoms with Gasteiger partial charge in [-0.15, -0.1) is 0 Å². The number of nitrogens with zero attached hydrogens (tertiary/aromatic N) is 1. The van der Waals surface area contributed by atoms with Gasteiger partial charge in [0.1, 0.15) is 11.5 Å². The Labute approximate surface area is 126 Å². The molecular formula is C15H16FN3O3. The highest BCUT2D eigenvalue weighted by molar-refractivity contribution is 5.88. The molecule has 0 aliphatic rings. The van der Waals surface area contributed by atoms with Crippen LogP contribution in [0.2, 0.25) is 0 Å². The second-order valence-electron chi connectivity index (χ2n) is 4.74. The third kappa shape index (κ3) is 3.92. The third-order valence-electron chi connectivity index (χ3n) is 3.08. The number of carbonyl (C=O) groups is 1. The second-order valence-corrected chi connectivity index (χ2v) is 4.74. The number of amides is 2. The molecule has 1 aromatic heterocycles. The number of aryl methyl sites for hydroxylation is 1. The zero-order valence-electron chi connectivity index (χ0n) is 11.9. The van der Waals surface area contributed by atoms with Crippen LogP contribution in [0.4, 0.5) is 14.9 Å². The third-order valence-corrected chi connectivity index (χ3v) is 3.08. The van der Waals surface area contributed by atoms with E-state index >= 15 is 0 Å². The van der Waals surface area contributed by atoms with Crippen molar-refractivity contribution in [1.29, 1.82) is 0 Å². The zero-order valence-corrected chi connectivity index (χ0v) is 11.9. The molecule has 0 fully saturated rings. The number of nitrogens with one attached hydrogen (secondary N) is 2. The van der Waals surface area contributed by atoms with Crippen molar-refractivity contribution in [3.05, 3.63) is 64.3 Å². The van der Waals surface area contributed by atoms with Gasteiger partial charge in [0.2, 0.25) is 0 Å². The van der Waals surface area contributed by atoms with Gasteiger partial charge in [-0.25, -0.2) is 9.18 Å². The Bertz CT molecular complexity index is 713. The van der Waals surface area contributed by atoms with E-state index in [1.54, 1.807) is 19.3 Å². The molecule has 0 aliphatic heterocycles. The predicted molar refractivity (Wildman–Crippen MR) is 80.1 cm³/mol. The second kappa shape index (κ2) is 6.86. The molecule has 0 radical (unpaired) electrons. The van der Waals surface area contributed by atoms with Gasteiger partial charge in [0.25, 0.3) is 5.56 Å². The number of halogens is 1. The lowest BCUT2D eigenvalue weighted by molar-refractivity contribution is 0.175. The number of aliphatic hydroxyl groups is 1. The molecule has 0 saturated heterocycles. The fraction of sp³-hybridized carbons (Fsp3) is 0.200. The number of benzene rings is 1. The molecule has 7 heteroatoms. The zero-order chi connectivity index (χ0) is 16.1. The summed E-state index contributed by atoms with van der Waals surface area (Å²) in [4.78, 5) is 23.5. The van der Waals surface area contributed by atoms with E-state index in [1.807, 2.05) is 0 Å². The van der Waals surface area contributed by atoms with Crippen molar-refractivity contribution in [3.63, 3.8) is 0 Å².